The summed E-state index contributed by atoms with van der Waals surface area (Å²) in [5.41, 5.74) is 2.44. The summed E-state index contributed by atoms with van der Waals surface area (Å²) in [6.07, 6.45) is 3.00. The molecule has 1 N–H and O–H groups in total. The highest BCUT2D eigenvalue weighted by molar-refractivity contribution is 5.85. The fourth-order valence-corrected chi connectivity index (χ4v) is 2.72. The second-order valence-corrected chi connectivity index (χ2v) is 5.78. The number of amides is 1. The molecular formula is C17H26N2O. The van der Waals surface area contributed by atoms with Gasteiger partial charge >= 0.3 is 0 Å². The molecule has 2 rings (SSSR count). The van der Waals surface area contributed by atoms with Crippen LogP contribution in [0.1, 0.15) is 39.2 Å². The first-order chi connectivity index (χ1) is 9.65. The van der Waals surface area contributed by atoms with E-state index in [1.54, 1.807) is 0 Å². The van der Waals surface area contributed by atoms with Gasteiger partial charge in [0.25, 0.3) is 0 Å². The summed E-state index contributed by atoms with van der Waals surface area (Å²) in [6, 6.07) is 8.23. The molecule has 110 valence electrons. The van der Waals surface area contributed by atoms with E-state index >= 15 is 0 Å². The molecule has 2 unspecified atom stereocenters. The zero-order chi connectivity index (χ0) is 14.5. The van der Waals surface area contributed by atoms with Gasteiger partial charge in [-0.05, 0) is 37.3 Å². The number of aryl methyl sites for hydroxylation is 1. The fourth-order valence-electron chi connectivity index (χ4n) is 2.72. The molecule has 0 aliphatic carbocycles. The highest BCUT2D eigenvalue weighted by Crippen LogP contribution is 2.25. The number of likely N-dealkylation sites (N-methyl/N-ethyl adjacent to an activating group) is 1. The first-order valence-electron chi connectivity index (χ1n) is 7.78. The molecule has 1 aromatic rings. The van der Waals surface area contributed by atoms with E-state index in [0.717, 1.165) is 38.0 Å². The highest BCUT2D eigenvalue weighted by Gasteiger charge is 2.27. The van der Waals surface area contributed by atoms with Crippen molar-refractivity contribution in [2.75, 3.05) is 18.4 Å². The average Bonchev–Trinajstić information content (AvgIpc) is 2.51. The van der Waals surface area contributed by atoms with Crippen LogP contribution < -0.4 is 5.32 Å². The molecule has 0 aromatic heterocycles. The molecule has 0 bridgehead atoms. The maximum atomic E-state index is 12.7. The van der Waals surface area contributed by atoms with E-state index in [1.165, 1.54) is 5.56 Å². The lowest BCUT2D eigenvalue weighted by atomic mass is 9.97. The fraction of sp³-hybridized carbons (Fsp3) is 0.588. The van der Waals surface area contributed by atoms with Crippen LogP contribution in [0.2, 0.25) is 0 Å². The Morgan fingerprint density at radius 3 is 2.85 bits per heavy atom. The van der Waals surface area contributed by atoms with Crippen molar-refractivity contribution in [3.05, 3.63) is 29.8 Å². The Balaban J connectivity index is 2.03. The van der Waals surface area contributed by atoms with E-state index in [-0.39, 0.29) is 11.9 Å². The molecule has 1 amide bonds. The van der Waals surface area contributed by atoms with Crippen LogP contribution in [0.3, 0.4) is 0 Å². The van der Waals surface area contributed by atoms with Gasteiger partial charge in [0.2, 0.25) is 5.91 Å². The quantitative estimate of drug-likeness (QED) is 0.893. The largest absolute Gasteiger partial charge is 0.373 e. The topological polar surface area (TPSA) is 32.3 Å². The first kappa shape index (κ1) is 14.9. The summed E-state index contributed by atoms with van der Waals surface area (Å²) in [6.45, 7) is 8.11. The molecule has 3 nitrogen and oxygen atoms in total. The highest BCUT2D eigenvalue weighted by atomic mass is 16.2. The number of benzene rings is 1. The zero-order valence-corrected chi connectivity index (χ0v) is 12.9. The number of carbonyl (C=O) groups excluding carboxylic acids is 1. The molecular weight excluding hydrogens is 248 g/mol. The Morgan fingerprint density at radius 1 is 1.40 bits per heavy atom. The van der Waals surface area contributed by atoms with Gasteiger partial charge in [0.1, 0.15) is 6.04 Å². The second kappa shape index (κ2) is 6.78. The number of nitrogens with one attached hydrogen (secondary N) is 1. The van der Waals surface area contributed by atoms with Gasteiger partial charge in [-0.2, -0.15) is 0 Å². The van der Waals surface area contributed by atoms with Crippen molar-refractivity contribution < 1.29 is 4.79 Å². The standard InChI is InChI=1S/C17H26N2O/c1-4-13(3)12-19(5-2)17(20)16-11-10-14-8-6-7-9-15(14)18-16/h6-9,13,16,18H,4-5,10-12H2,1-3H3. The number of para-hydroxylation sites is 1. The van der Waals surface area contributed by atoms with E-state index in [9.17, 15) is 4.79 Å². The molecule has 0 radical (unpaired) electrons. The Kier molecular flexibility index (Phi) is 5.05. The summed E-state index contributed by atoms with van der Waals surface area (Å²) in [5.74, 6) is 0.817. The van der Waals surface area contributed by atoms with Crippen LogP contribution in [-0.4, -0.2) is 29.9 Å². The van der Waals surface area contributed by atoms with Gasteiger partial charge < -0.3 is 10.2 Å². The number of carbonyl (C=O) groups is 1. The smallest absolute Gasteiger partial charge is 0.245 e. The van der Waals surface area contributed by atoms with Gasteiger partial charge in [-0.15, -0.1) is 0 Å². The van der Waals surface area contributed by atoms with Crippen LogP contribution in [0, 0.1) is 5.92 Å². The van der Waals surface area contributed by atoms with Crippen molar-refractivity contribution in [2.24, 2.45) is 5.92 Å². The molecule has 0 saturated heterocycles. The molecule has 0 fully saturated rings. The lowest BCUT2D eigenvalue weighted by molar-refractivity contribution is -0.132. The lowest BCUT2D eigenvalue weighted by Crippen LogP contribution is -2.46. The number of rotatable bonds is 5. The molecule has 20 heavy (non-hydrogen) atoms. The lowest BCUT2D eigenvalue weighted by Gasteiger charge is -2.32. The normalized spacial score (nSPS) is 18.9. The van der Waals surface area contributed by atoms with Crippen molar-refractivity contribution in [3.8, 4) is 0 Å². The number of fused-ring (bicyclic) bond motifs is 1. The van der Waals surface area contributed by atoms with Crippen molar-refractivity contribution in [1.29, 1.82) is 0 Å². The van der Waals surface area contributed by atoms with Crippen molar-refractivity contribution in [2.45, 2.75) is 46.1 Å². The van der Waals surface area contributed by atoms with Gasteiger partial charge in [-0.25, -0.2) is 0 Å². The summed E-state index contributed by atoms with van der Waals surface area (Å²) in [4.78, 5) is 14.7. The molecule has 1 heterocycles. The predicted octanol–water partition coefficient (Wildman–Crippen LogP) is 3.31. The molecule has 0 spiro atoms. The number of hydrogen-bond acceptors (Lipinski definition) is 2. The zero-order valence-electron chi connectivity index (χ0n) is 12.9. The molecule has 1 aliphatic rings. The SMILES string of the molecule is CCC(C)CN(CC)C(=O)C1CCc2ccccc2N1. The van der Waals surface area contributed by atoms with Crippen LogP contribution >= 0.6 is 0 Å². The molecule has 3 heteroatoms. The van der Waals surface area contributed by atoms with Crippen molar-refractivity contribution in [1.82, 2.24) is 4.90 Å². The maximum absolute atomic E-state index is 12.7. The van der Waals surface area contributed by atoms with Crippen LogP contribution in [0.15, 0.2) is 24.3 Å². The van der Waals surface area contributed by atoms with Crippen LogP contribution in [0.4, 0.5) is 5.69 Å². The van der Waals surface area contributed by atoms with Gasteiger partial charge in [0.05, 0.1) is 0 Å². The van der Waals surface area contributed by atoms with E-state index in [2.05, 4.69) is 44.3 Å². The van der Waals surface area contributed by atoms with E-state index in [4.69, 9.17) is 0 Å². The van der Waals surface area contributed by atoms with Gasteiger partial charge in [-0.1, -0.05) is 38.5 Å². The summed E-state index contributed by atoms with van der Waals surface area (Å²) < 4.78 is 0. The summed E-state index contributed by atoms with van der Waals surface area (Å²) in [5, 5.41) is 3.41. The minimum absolute atomic E-state index is 0.0612. The third kappa shape index (κ3) is 3.33. The number of hydrogen-bond donors (Lipinski definition) is 1. The average molecular weight is 274 g/mol. The van der Waals surface area contributed by atoms with Gasteiger partial charge in [0, 0.05) is 18.8 Å². The maximum Gasteiger partial charge on any atom is 0.245 e. The Bertz CT molecular complexity index is 458. The third-order valence-electron chi connectivity index (χ3n) is 4.27. The molecule has 2 atom stereocenters. The second-order valence-electron chi connectivity index (χ2n) is 5.78. The van der Waals surface area contributed by atoms with Gasteiger partial charge in [-0.3, -0.25) is 4.79 Å². The van der Waals surface area contributed by atoms with Crippen LogP contribution in [-0.2, 0) is 11.2 Å². The molecule has 0 saturated carbocycles. The first-order valence-corrected chi connectivity index (χ1v) is 7.78. The Morgan fingerprint density at radius 2 is 2.15 bits per heavy atom. The number of anilines is 1. The summed E-state index contributed by atoms with van der Waals surface area (Å²) >= 11 is 0. The Hall–Kier alpha value is -1.51. The Labute approximate surface area is 122 Å². The predicted molar refractivity (Wildman–Crippen MR) is 83.9 cm³/mol. The third-order valence-corrected chi connectivity index (χ3v) is 4.27. The minimum Gasteiger partial charge on any atom is -0.373 e. The van der Waals surface area contributed by atoms with Crippen molar-refractivity contribution in [3.63, 3.8) is 0 Å². The van der Waals surface area contributed by atoms with Gasteiger partial charge in [0.15, 0.2) is 0 Å². The monoisotopic (exact) mass is 274 g/mol. The van der Waals surface area contributed by atoms with E-state index < -0.39 is 0 Å². The number of nitrogens with zero attached hydrogens (tertiary/aromatic N) is 1. The summed E-state index contributed by atoms with van der Waals surface area (Å²) in [7, 11) is 0. The van der Waals surface area contributed by atoms with Crippen LogP contribution in [0.5, 0.6) is 0 Å². The van der Waals surface area contributed by atoms with E-state index in [0.29, 0.717) is 5.92 Å². The minimum atomic E-state index is -0.0612. The van der Waals surface area contributed by atoms with E-state index in [1.807, 2.05) is 11.0 Å². The van der Waals surface area contributed by atoms with Crippen molar-refractivity contribution >= 4 is 11.6 Å². The van der Waals surface area contributed by atoms with Crippen LogP contribution in [0.25, 0.3) is 0 Å². The molecule has 1 aliphatic heterocycles. The molecule has 1 aromatic carbocycles.